The summed E-state index contributed by atoms with van der Waals surface area (Å²) in [5, 5.41) is 0. The van der Waals surface area contributed by atoms with Gasteiger partial charge in [-0.15, -0.1) is 12.8 Å². The number of hydrogen-bond acceptors (Lipinski definition) is 0. The van der Waals surface area contributed by atoms with Gasteiger partial charge in [-0.1, -0.05) is 97.1 Å². The second-order valence-corrected chi connectivity index (χ2v) is 13.1. The molecule has 49 heavy (non-hydrogen) atoms. The molecule has 266 valence electrons. The molecule has 4 aliphatic rings. The van der Waals surface area contributed by atoms with Crippen molar-refractivity contribution in [2.45, 2.75) is 24.7 Å². The first kappa shape index (κ1) is 59.9. The molecule has 0 heterocycles. The Labute approximate surface area is 352 Å². The van der Waals surface area contributed by atoms with E-state index in [1.54, 1.807) is 0 Å². The molecule has 0 nitrogen and oxygen atoms in total. The van der Waals surface area contributed by atoms with Crippen molar-refractivity contribution in [2.75, 3.05) is 0 Å². The Hall–Kier alpha value is -1.23. The van der Waals surface area contributed by atoms with Crippen LogP contribution in [0.2, 0.25) is 0 Å². The second-order valence-electron chi connectivity index (χ2n) is 9.38. The van der Waals surface area contributed by atoms with Crippen molar-refractivity contribution in [2.24, 2.45) is 0 Å². The van der Waals surface area contributed by atoms with Crippen molar-refractivity contribution in [3.8, 4) is 22.3 Å². The summed E-state index contributed by atoms with van der Waals surface area (Å²) >= 11 is -0.826. The molecule has 0 spiro atoms. The Kier molecular flexibility index (Phi) is 38.5. The molecule has 0 unspecified atom stereocenters. The van der Waals surface area contributed by atoms with Crippen LogP contribution < -0.4 is 24.8 Å². The molecule has 0 aliphatic heterocycles. The van der Waals surface area contributed by atoms with Gasteiger partial charge in [0.1, 0.15) is 0 Å². The van der Waals surface area contributed by atoms with Crippen molar-refractivity contribution >= 4 is 17.0 Å². The largest absolute Gasteiger partial charge is 2.00 e. The molecular formula is C43H49Cl4Zr2-9. The van der Waals surface area contributed by atoms with E-state index >= 15 is 0 Å². The summed E-state index contributed by atoms with van der Waals surface area (Å²) in [5.41, 5.74) is 11.4. The monoisotopic (exact) mass is 885 g/mol. The van der Waals surface area contributed by atoms with Crippen LogP contribution in [0.15, 0.2) is 134 Å². The molecule has 0 saturated carbocycles. The molecule has 4 aromatic carbocycles. The van der Waals surface area contributed by atoms with Gasteiger partial charge in [0.25, 0.3) is 0 Å². The van der Waals surface area contributed by atoms with Crippen LogP contribution in [0.4, 0.5) is 0 Å². The van der Waals surface area contributed by atoms with E-state index in [0.717, 1.165) is 12.8 Å². The number of hydrogen-bond donors (Lipinski definition) is 0. The average molecular weight is 890 g/mol. The Bertz CT molecular complexity index is 1320. The fourth-order valence-corrected chi connectivity index (χ4v) is 5.79. The molecule has 0 saturated heterocycles. The van der Waals surface area contributed by atoms with E-state index in [1.807, 2.05) is 24.3 Å². The molecule has 0 amide bonds. The molecule has 0 fully saturated rings. The van der Waals surface area contributed by atoms with E-state index in [-0.39, 0.29) is 103 Å². The van der Waals surface area contributed by atoms with E-state index in [0.29, 0.717) is 11.8 Å². The van der Waals surface area contributed by atoms with Crippen molar-refractivity contribution in [3.63, 3.8) is 0 Å². The first-order valence-corrected chi connectivity index (χ1v) is 19.4. The van der Waals surface area contributed by atoms with Crippen molar-refractivity contribution in [1.82, 2.24) is 0 Å². The van der Waals surface area contributed by atoms with E-state index in [9.17, 15) is 0 Å². The predicted molar refractivity (Wildman–Crippen MR) is 207 cm³/mol. The average Bonchev–Trinajstić information content (AvgIpc) is 3.81. The summed E-state index contributed by atoms with van der Waals surface area (Å²) in [6.07, 6.45) is 20.0. The standard InChI is InChI=1S/C26H18.2C5H5.7CH3.4ClH.2Zr/c1-5-13-21-17(9-1)18-10-2-6-14-22(18)25(21)26-23-15-7-3-11-19(23)20-12-4-8-16-24(20)26;2*1-2-4-5-3-1;;;;;;;;;;;;;/h1-16,25-26H;2*1-3H,4H2;7*1H3;4*1H;;/q;9*-1;;;;;2*+2/p-4. The zero-order chi connectivity index (χ0) is 26.9. The van der Waals surface area contributed by atoms with Crippen LogP contribution in [-0.4, -0.2) is 0 Å². The van der Waals surface area contributed by atoms with Gasteiger partial charge in [-0.05, 0) is 44.5 Å². The van der Waals surface area contributed by atoms with E-state index in [2.05, 4.69) is 121 Å². The van der Waals surface area contributed by atoms with Gasteiger partial charge in [0.2, 0.25) is 0 Å². The SMILES string of the molecule is [C-]1=CC=CC1.[C-]1=CC=CC1.[CH3-].[CH3-].[CH3-].[CH3-].[CH3-].[CH3-].[CH3-].[Cl-].[Cl-].[Cl][Zr][Cl].[Zr+2].c1ccc2c(c1)-c1ccccc1C2C1c2ccccc2-c2ccccc21. The molecule has 8 rings (SSSR count). The summed E-state index contributed by atoms with van der Waals surface area (Å²) in [6.45, 7) is 0. The van der Waals surface area contributed by atoms with Crippen LogP contribution in [0.3, 0.4) is 0 Å². The Morgan fingerprint density at radius 3 is 0.837 bits per heavy atom. The minimum atomic E-state index is -0.826. The fourth-order valence-electron chi connectivity index (χ4n) is 5.79. The molecule has 0 bridgehead atoms. The molecule has 0 atom stereocenters. The van der Waals surface area contributed by atoms with Gasteiger partial charge in [0, 0.05) is 11.8 Å². The third kappa shape index (κ3) is 14.4. The van der Waals surface area contributed by atoms with Crippen LogP contribution in [0, 0.1) is 64.1 Å². The van der Waals surface area contributed by atoms with Gasteiger partial charge < -0.3 is 76.8 Å². The first-order chi connectivity index (χ1) is 19.3. The van der Waals surface area contributed by atoms with E-state index in [4.69, 9.17) is 17.0 Å². The Balaban J connectivity index is -0.000000174. The van der Waals surface area contributed by atoms with Gasteiger partial charge in [0.15, 0.2) is 0 Å². The van der Waals surface area contributed by atoms with Crippen LogP contribution in [0.25, 0.3) is 22.3 Å². The number of allylic oxidation sites excluding steroid dienone is 8. The van der Waals surface area contributed by atoms with Gasteiger partial charge in [-0.2, -0.15) is 12.2 Å². The van der Waals surface area contributed by atoms with Crippen LogP contribution in [0.1, 0.15) is 46.9 Å². The quantitative estimate of drug-likeness (QED) is 0.172. The van der Waals surface area contributed by atoms with Crippen molar-refractivity contribution in [1.29, 1.82) is 0 Å². The summed E-state index contributed by atoms with van der Waals surface area (Å²) in [4.78, 5) is 0. The van der Waals surface area contributed by atoms with Crippen molar-refractivity contribution < 1.29 is 71.9 Å². The van der Waals surface area contributed by atoms with Crippen LogP contribution in [0.5, 0.6) is 0 Å². The number of halogens is 4. The van der Waals surface area contributed by atoms with E-state index in [1.165, 1.54) is 44.5 Å². The molecule has 0 aromatic heterocycles. The summed E-state index contributed by atoms with van der Waals surface area (Å²) in [5.74, 6) is 0.763. The van der Waals surface area contributed by atoms with E-state index < -0.39 is 20.8 Å². The molecule has 0 N–H and O–H groups in total. The minimum absolute atomic E-state index is 0. The van der Waals surface area contributed by atoms with Gasteiger partial charge in [-0.25, -0.2) is 24.3 Å². The number of fused-ring (bicyclic) bond motifs is 6. The third-order valence-electron chi connectivity index (χ3n) is 7.27. The molecular weight excluding hydrogens is 841 g/mol. The fraction of sp³-hybridized carbons (Fsp3) is 0.0930. The zero-order valence-electron chi connectivity index (χ0n) is 29.8. The van der Waals surface area contributed by atoms with Gasteiger partial charge in [-0.3, -0.25) is 12.2 Å². The van der Waals surface area contributed by atoms with Crippen LogP contribution >= 0.6 is 17.0 Å². The maximum absolute atomic E-state index is 4.93. The van der Waals surface area contributed by atoms with Gasteiger partial charge in [0.05, 0.1) is 0 Å². The van der Waals surface area contributed by atoms with Crippen LogP contribution in [-0.2, 0) is 47.1 Å². The van der Waals surface area contributed by atoms with Gasteiger partial charge >= 0.3 is 64.1 Å². The number of rotatable bonds is 1. The first-order valence-electron chi connectivity index (χ1n) is 13.1. The van der Waals surface area contributed by atoms with Crippen molar-refractivity contribution in [3.05, 3.63) is 220 Å². The Morgan fingerprint density at radius 2 is 0.673 bits per heavy atom. The maximum Gasteiger partial charge on any atom is 2.00 e. The smallest absolute Gasteiger partial charge is 0.0619 e. The summed E-state index contributed by atoms with van der Waals surface area (Å²) in [6, 6.07) is 35.8. The predicted octanol–water partition coefficient (Wildman–Crippen LogP) is 7.76. The zero-order valence-corrected chi connectivity index (χ0v) is 37.7. The maximum atomic E-state index is 4.93. The summed E-state index contributed by atoms with van der Waals surface area (Å²) in [7, 11) is 9.87. The topological polar surface area (TPSA) is 0 Å². The normalized spacial score (nSPS) is 11.6. The second kappa shape index (κ2) is 31.5. The molecule has 0 radical (unpaired) electrons. The molecule has 4 aromatic rings. The molecule has 4 aliphatic carbocycles. The minimum Gasteiger partial charge on any atom is -0.0619 e. The Morgan fingerprint density at radius 1 is 0.449 bits per heavy atom. The number of benzene rings is 4. The molecule has 6 heteroatoms. The third-order valence-corrected chi connectivity index (χ3v) is 7.27. The summed E-state index contributed by atoms with van der Waals surface area (Å²) < 4.78 is 0.